The number of thioether (sulfide) groups is 1. The van der Waals surface area contributed by atoms with Crippen LogP contribution in [0.2, 0.25) is 0 Å². The molecule has 0 radical (unpaired) electrons. The predicted molar refractivity (Wildman–Crippen MR) is 128 cm³/mol. The van der Waals surface area contributed by atoms with Gasteiger partial charge in [-0.1, -0.05) is 11.8 Å². The van der Waals surface area contributed by atoms with Crippen molar-refractivity contribution in [1.82, 2.24) is 25.0 Å². The van der Waals surface area contributed by atoms with Gasteiger partial charge in [-0.2, -0.15) is 13.2 Å². The van der Waals surface area contributed by atoms with Crippen LogP contribution in [0.5, 0.6) is 0 Å². The van der Waals surface area contributed by atoms with Crippen LogP contribution in [0.1, 0.15) is 43.0 Å². The maximum absolute atomic E-state index is 12.9. The quantitative estimate of drug-likeness (QED) is 0.456. The highest BCUT2D eigenvalue weighted by Crippen LogP contribution is 2.37. The number of hydrogen-bond donors (Lipinski definition) is 1. The van der Waals surface area contributed by atoms with E-state index in [2.05, 4.69) is 25.3 Å². The van der Waals surface area contributed by atoms with Crippen molar-refractivity contribution in [2.45, 2.75) is 49.0 Å². The lowest BCUT2D eigenvalue weighted by molar-refractivity contribution is -0.137. The Balaban J connectivity index is 1.09. The van der Waals surface area contributed by atoms with Gasteiger partial charge in [0.1, 0.15) is 5.82 Å². The molecule has 3 saturated heterocycles. The minimum atomic E-state index is -4.30. The van der Waals surface area contributed by atoms with Crippen molar-refractivity contribution < 1.29 is 18.0 Å². The van der Waals surface area contributed by atoms with Crippen LogP contribution < -0.4 is 10.2 Å². The number of rotatable bonds is 7. The molecule has 1 aromatic heterocycles. The van der Waals surface area contributed by atoms with Gasteiger partial charge in [0.25, 0.3) is 0 Å². The van der Waals surface area contributed by atoms with Crippen molar-refractivity contribution in [3.8, 4) is 0 Å². The Morgan fingerprint density at radius 1 is 1.14 bits per heavy atom. The molecule has 0 bridgehead atoms. The number of likely N-dealkylation sites (tertiary alicyclic amines) is 1. The number of alkyl halides is 3. The Morgan fingerprint density at radius 2 is 1.94 bits per heavy atom. The lowest BCUT2D eigenvalue weighted by Gasteiger charge is -2.27. The zero-order valence-corrected chi connectivity index (χ0v) is 20.6. The van der Waals surface area contributed by atoms with E-state index >= 15 is 0 Å². The summed E-state index contributed by atoms with van der Waals surface area (Å²) in [5.74, 6) is 2.60. The van der Waals surface area contributed by atoms with Crippen LogP contribution in [0.15, 0.2) is 29.4 Å². The highest BCUT2D eigenvalue weighted by Gasteiger charge is 2.41. The van der Waals surface area contributed by atoms with Crippen molar-refractivity contribution in [3.05, 3.63) is 35.7 Å². The first-order valence-corrected chi connectivity index (χ1v) is 13.2. The van der Waals surface area contributed by atoms with Crippen LogP contribution in [0.3, 0.4) is 0 Å². The molecule has 0 spiro atoms. The standard InChI is InChI=1S/C24H31F3N6OS/c1-31-22(16-7-9-28-21(34)13-16)29-30-23(31)35-12-2-10-32-14-17-8-11-33(20(17)15-32)19-5-3-18(4-6-19)24(25,26)27/h3-6,16-17,20H,2,7-15H2,1H3,(H,28,34)/t16?,17-,20+/m1/s1. The van der Waals surface area contributed by atoms with Crippen LogP contribution >= 0.6 is 11.8 Å². The number of hydrogen-bond acceptors (Lipinski definition) is 6. The van der Waals surface area contributed by atoms with Gasteiger partial charge in [0.2, 0.25) is 5.91 Å². The summed E-state index contributed by atoms with van der Waals surface area (Å²) < 4.78 is 40.7. The van der Waals surface area contributed by atoms with E-state index in [1.807, 2.05) is 11.6 Å². The summed E-state index contributed by atoms with van der Waals surface area (Å²) >= 11 is 1.70. The largest absolute Gasteiger partial charge is 0.416 e. The van der Waals surface area contributed by atoms with Crippen LogP contribution in [-0.4, -0.2) is 70.1 Å². The molecule has 3 atom stereocenters. The number of nitrogens with one attached hydrogen (secondary N) is 1. The first-order valence-electron chi connectivity index (χ1n) is 12.2. The van der Waals surface area contributed by atoms with Gasteiger partial charge in [-0.3, -0.25) is 4.79 Å². The van der Waals surface area contributed by atoms with Gasteiger partial charge in [0.15, 0.2) is 5.16 Å². The number of fused-ring (bicyclic) bond motifs is 1. The zero-order chi connectivity index (χ0) is 24.6. The minimum absolute atomic E-state index is 0.0747. The van der Waals surface area contributed by atoms with E-state index in [-0.39, 0.29) is 11.8 Å². The molecule has 35 heavy (non-hydrogen) atoms. The highest BCUT2D eigenvalue weighted by atomic mass is 32.2. The van der Waals surface area contributed by atoms with E-state index < -0.39 is 11.7 Å². The second-order valence-electron chi connectivity index (χ2n) is 9.76. The lowest BCUT2D eigenvalue weighted by Crippen LogP contribution is -2.35. The molecule has 4 heterocycles. The number of carbonyl (C=O) groups excluding carboxylic acids is 1. The van der Waals surface area contributed by atoms with Crippen molar-refractivity contribution >= 4 is 23.4 Å². The highest BCUT2D eigenvalue weighted by molar-refractivity contribution is 7.99. The van der Waals surface area contributed by atoms with Gasteiger partial charge in [0.05, 0.1) is 5.56 Å². The Kier molecular flexibility index (Phi) is 6.98. The van der Waals surface area contributed by atoms with Crippen LogP contribution in [0.25, 0.3) is 0 Å². The number of nitrogens with zero attached hydrogens (tertiary/aromatic N) is 5. The maximum Gasteiger partial charge on any atom is 0.416 e. The van der Waals surface area contributed by atoms with Gasteiger partial charge in [0, 0.05) is 63.0 Å². The molecular weight excluding hydrogens is 477 g/mol. The van der Waals surface area contributed by atoms with E-state index in [4.69, 9.17) is 0 Å². The molecule has 3 fully saturated rings. The molecule has 1 N–H and O–H groups in total. The molecule has 190 valence electrons. The molecule has 3 aliphatic rings. The van der Waals surface area contributed by atoms with Gasteiger partial charge in [-0.15, -0.1) is 10.2 Å². The number of carbonyl (C=O) groups is 1. The van der Waals surface area contributed by atoms with Crippen molar-refractivity contribution in [1.29, 1.82) is 0 Å². The van der Waals surface area contributed by atoms with Crippen molar-refractivity contribution in [2.24, 2.45) is 13.0 Å². The fourth-order valence-corrected chi connectivity index (χ4v) is 6.50. The average molecular weight is 509 g/mol. The molecular formula is C24H31F3N6OS. The third kappa shape index (κ3) is 5.30. The second kappa shape index (κ2) is 10.0. The minimum Gasteiger partial charge on any atom is -0.367 e. The smallest absolute Gasteiger partial charge is 0.367 e. The summed E-state index contributed by atoms with van der Waals surface area (Å²) in [6.45, 7) is 4.58. The Bertz CT molecular complexity index is 1040. The van der Waals surface area contributed by atoms with E-state index in [0.717, 1.165) is 67.9 Å². The number of aromatic nitrogens is 3. The van der Waals surface area contributed by atoms with Gasteiger partial charge >= 0.3 is 6.18 Å². The molecule has 1 aromatic carbocycles. The lowest BCUT2D eigenvalue weighted by atomic mass is 9.97. The average Bonchev–Trinajstić information content (AvgIpc) is 3.51. The maximum atomic E-state index is 12.9. The zero-order valence-electron chi connectivity index (χ0n) is 19.8. The third-order valence-electron chi connectivity index (χ3n) is 7.48. The topological polar surface area (TPSA) is 66.3 Å². The van der Waals surface area contributed by atoms with Crippen molar-refractivity contribution in [2.75, 3.05) is 43.4 Å². The van der Waals surface area contributed by atoms with Gasteiger partial charge < -0.3 is 19.7 Å². The molecule has 11 heteroatoms. The first kappa shape index (κ1) is 24.4. The summed E-state index contributed by atoms with van der Waals surface area (Å²) in [7, 11) is 1.97. The van der Waals surface area contributed by atoms with Crippen molar-refractivity contribution in [3.63, 3.8) is 0 Å². The predicted octanol–water partition coefficient (Wildman–Crippen LogP) is 3.52. The van der Waals surface area contributed by atoms with E-state index in [9.17, 15) is 18.0 Å². The van der Waals surface area contributed by atoms with E-state index in [1.165, 1.54) is 12.1 Å². The van der Waals surface area contributed by atoms with Crippen LogP contribution in [-0.2, 0) is 18.0 Å². The van der Waals surface area contributed by atoms with Gasteiger partial charge in [-0.25, -0.2) is 0 Å². The third-order valence-corrected chi connectivity index (χ3v) is 8.59. The van der Waals surface area contributed by atoms with Crippen LogP contribution in [0.4, 0.5) is 18.9 Å². The van der Waals surface area contributed by atoms with E-state index in [1.54, 1.807) is 23.9 Å². The monoisotopic (exact) mass is 508 g/mol. The Hall–Kier alpha value is -2.27. The number of amides is 1. The molecule has 2 aromatic rings. The summed E-state index contributed by atoms with van der Waals surface area (Å²) in [4.78, 5) is 16.5. The fourth-order valence-electron chi connectivity index (χ4n) is 5.66. The second-order valence-corrected chi connectivity index (χ2v) is 10.8. The Labute approximate surface area is 207 Å². The molecule has 5 rings (SSSR count). The molecule has 1 amide bonds. The molecule has 0 aliphatic carbocycles. The summed E-state index contributed by atoms with van der Waals surface area (Å²) in [6, 6.07) is 5.97. The summed E-state index contributed by atoms with van der Waals surface area (Å²) in [6.07, 6.45) is -0.829. The normalized spacial score (nSPS) is 25.2. The number of piperidine rings is 1. The first-order chi connectivity index (χ1) is 16.8. The number of anilines is 1. The molecule has 1 unspecified atom stereocenters. The van der Waals surface area contributed by atoms with Crippen LogP contribution in [0, 0.1) is 5.92 Å². The SMILES string of the molecule is Cn1c(SCCCN2C[C@H]3CCN(c4ccc(C(F)(F)F)cc4)[C@H]3C2)nnc1C1CCNC(=O)C1. The van der Waals surface area contributed by atoms with E-state index in [0.29, 0.717) is 24.9 Å². The van der Waals surface area contributed by atoms with Gasteiger partial charge in [-0.05, 0) is 56.0 Å². The summed E-state index contributed by atoms with van der Waals surface area (Å²) in [5, 5.41) is 12.5. The molecule has 0 saturated carbocycles. The molecule has 3 aliphatic heterocycles. The summed E-state index contributed by atoms with van der Waals surface area (Å²) in [5.41, 5.74) is 0.290. The number of halogens is 3. The fraction of sp³-hybridized carbons (Fsp3) is 0.625. The Morgan fingerprint density at radius 3 is 2.69 bits per heavy atom. The number of benzene rings is 1. The molecule has 7 nitrogen and oxygen atoms in total.